The number of rotatable bonds is 0. The zero-order chi connectivity index (χ0) is 13.0. The maximum atomic E-state index is 6.69. The van der Waals surface area contributed by atoms with Gasteiger partial charge >= 0.3 is 0 Å². The molecule has 0 radical (unpaired) electrons. The Morgan fingerprint density at radius 3 is 2.89 bits per heavy atom. The fraction of sp³-hybridized carbons (Fsp3) is 0.600. The lowest BCUT2D eigenvalue weighted by Gasteiger charge is -2.44. The second kappa shape index (κ2) is 4.22. The minimum absolute atomic E-state index is 0.00289. The van der Waals surface area contributed by atoms with E-state index < -0.39 is 0 Å². The van der Waals surface area contributed by atoms with Crippen LogP contribution in [0.1, 0.15) is 30.9 Å². The lowest BCUT2D eigenvalue weighted by atomic mass is 9.66. The third-order valence-electron chi connectivity index (χ3n) is 4.67. The third kappa shape index (κ3) is 1.85. The molecule has 1 nitrogen and oxygen atoms in total. The fourth-order valence-electron chi connectivity index (χ4n) is 3.71. The Bertz CT molecular complexity index is 477. The summed E-state index contributed by atoms with van der Waals surface area (Å²) >= 11 is 10.7. The maximum Gasteiger partial charge on any atom is 0.101 e. The van der Waals surface area contributed by atoms with Crippen molar-refractivity contribution in [2.45, 2.75) is 41.4 Å². The number of nitrogens with zero attached hydrogens (tertiary/aromatic N) is 1. The van der Waals surface area contributed by atoms with Crippen LogP contribution in [0.25, 0.3) is 0 Å². The molecule has 0 spiro atoms. The summed E-state index contributed by atoms with van der Waals surface area (Å²) in [5.41, 5.74) is 3.30. The summed E-state index contributed by atoms with van der Waals surface area (Å²) in [5, 5.41) is 0. The summed E-state index contributed by atoms with van der Waals surface area (Å²) in [7, 11) is 2.13. The van der Waals surface area contributed by atoms with Crippen molar-refractivity contribution in [2.75, 3.05) is 13.6 Å². The molecule has 1 saturated heterocycles. The zero-order valence-corrected chi connectivity index (χ0v) is 13.3. The summed E-state index contributed by atoms with van der Waals surface area (Å²) in [6, 6.07) is 8.87. The van der Waals surface area contributed by atoms with Crippen molar-refractivity contribution in [2.24, 2.45) is 0 Å². The molecular formula is C15H19BrClN. The highest BCUT2D eigenvalue weighted by molar-refractivity contribution is 9.10. The van der Waals surface area contributed by atoms with Gasteiger partial charge in [-0.1, -0.05) is 47.1 Å². The average Bonchev–Trinajstić information content (AvgIpc) is 2.40. The third-order valence-corrected chi connectivity index (χ3v) is 6.68. The highest BCUT2D eigenvalue weighted by atomic mass is 79.9. The van der Waals surface area contributed by atoms with Crippen LogP contribution < -0.4 is 0 Å². The monoisotopic (exact) mass is 327 g/mol. The van der Waals surface area contributed by atoms with Gasteiger partial charge in [0.15, 0.2) is 0 Å². The molecule has 0 unspecified atom stereocenters. The summed E-state index contributed by atoms with van der Waals surface area (Å²) < 4.78 is 0.00289. The second-order valence-electron chi connectivity index (χ2n) is 6.17. The molecule has 1 aromatic rings. The van der Waals surface area contributed by atoms with Gasteiger partial charge < -0.3 is 0 Å². The Morgan fingerprint density at radius 1 is 1.39 bits per heavy atom. The number of fused-ring (bicyclic) bond motifs is 4. The van der Waals surface area contributed by atoms with E-state index in [1.165, 1.54) is 17.5 Å². The number of hydrogen-bond donors (Lipinski definition) is 0. The lowest BCUT2D eigenvalue weighted by molar-refractivity contribution is 0.282. The first-order valence-electron chi connectivity index (χ1n) is 6.56. The molecule has 0 N–H and O–H groups in total. The first kappa shape index (κ1) is 13.0. The molecule has 1 aliphatic heterocycles. The van der Waals surface area contributed by atoms with Crippen molar-refractivity contribution in [3.05, 3.63) is 35.4 Å². The predicted molar refractivity (Wildman–Crippen MR) is 80.7 cm³/mol. The van der Waals surface area contributed by atoms with Crippen LogP contribution in [-0.4, -0.2) is 28.3 Å². The van der Waals surface area contributed by atoms with Crippen molar-refractivity contribution in [3.8, 4) is 0 Å². The Labute approximate surface area is 123 Å². The molecule has 2 aliphatic rings. The van der Waals surface area contributed by atoms with Crippen LogP contribution in [0.5, 0.6) is 0 Å². The van der Waals surface area contributed by atoms with Gasteiger partial charge in [0, 0.05) is 6.54 Å². The van der Waals surface area contributed by atoms with Crippen molar-refractivity contribution >= 4 is 27.5 Å². The SMILES string of the molecule is CN1CC[C@@]2(C)C[C@@](Br)(Cc3ccccc32)[C@H]1Cl. The molecule has 1 heterocycles. The molecule has 3 atom stereocenters. The first-order valence-corrected chi connectivity index (χ1v) is 7.79. The molecule has 0 aromatic heterocycles. The molecule has 1 fully saturated rings. The summed E-state index contributed by atoms with van der Waals surface area (Å²) in [6.45, 7) is 3.45. The highest BCUT2D eigenvalue weighted by Gasteiger charge is 2.50. The highest BCUT2D eigenvalue weighted by Crippen LogP contribution is 2.52. The maximum absolute atomic E-state index is 6.69. The van der Waals surface area contributed by atoms with E-state index >= 15 is 0 Å². The van der Waals surface area contributed by atoms with Crippen molar-refractivity contribution in [3.63, 3.8) is 0 Å². The number of alkyl halides is 2. The van der Waals surface area contributed by atoms with Gasteiger partial charge in [-0.25, -0.2) is 0 Å². The standard InChI is InChI=1S/C15H19BrClN/c1-14-7-8-18(2)13(17)15(16,10-14)9-11-5-3-4-6-12(11)14/h3-6,13H,7-10H2,1-2H3/t13-,14-,15-/m0/s1. The number of likely N-dealkylation sites (tertiary alicyclic amines) is 1. The summed E-state index contributed by atoms with van der Waals surface area (Å²) in [5.74, 6) is 0. The molecule has 2 bridgehead atoms. The topological polar surface area (TPSA) is 3.24 Å². The first-order chi connectivity index (χ1) is 8.45. The van der Waals surface area contributed by atoms with Crippen LogP contribution in [-0.2, 0) is 11.8 Å². The number of halogens is 2. The van der Waals surface area contributed by atoms with Gasteiger partial charge in [0.05, 0.1) is 4.32 Å². The second-order valence-corrected chi connectivity index (χ2v) is 8.17. The van der Waals surface area contributed by atoms with Gasteiger partial charge in [-0.3, -0.25) is 4.90 Å². The number of hydrogen-bond acceptors (Lipinski definition) is 1. The molecule has 0 amide bonds. The van der Waals surface area contributed by atoms with Crippen molar-refractivity contribution in [1.82, 2.24) is 4.90 Å². The molecule has 98 valence electrons. The smallest absolute Gasteiger partial charge is 0.101 e. The van der Waals surface area contributed by atoms with E-state index in [0.717, 1.165) is 19.4 Å². The van der Waals surface area contributed by atoms with Gasteiger partial charge in [0.25, 0.3) is 0 Å². The van der Waals surface area contributed by atoms with Crippen LogP contribution in [0, 0.1) is 0 Å². The van der Waals surface area contributed by atoms with E-state index in [-0.39, 0.29) is 15.2 Å². The van der Waals surface area contributed by atoms with E-state index in [0.29, 0.717) is 0 Å². The average molecular weight is 329 g/mol. The van der Waals surface area contributed by atoms with Crippen molar-refractivity contribution < 1.29 is 0 Å². The van der Waals surface area contributed by atoms with Gasteiger partial charge in [0.2, 0.25) is 0 Å². The van der Waals surface area contributed by atoms with E-state index in [1.807, 2.05) is 0 Å². The van der Waals surface area contributed by atoms with Crippen LogP contribution >= 0.6 is 27.5 Å². The lowest BCUT2D eigenvalue weighted by Crippen LogP contribution is -2.47. The Kier molecular flexibility index (Phi) is 3.04. The molecule has 3 rings (SSSR count). The van der Waals surface area contributed by atoms with E-state index in [4.69, 9.17) is 11.6 Å². The normalized spacial score (nSPS) is 40.1. The summed E-state index contributed by atoms with van der Waals surface area (Å²) in [4.78, 5) is 2.29. The van der Waals surface area contributed by atoms with Gasteiger partial charge in [-0.2, -0.15) is 0 Å². The Hall–Kier alpha value is -0.0500. The van der Waals surface area contributed by atoms with Gasteiger partial charge in [-0.15, -0.1) is 11.6 Å². The van der Waals surface area contributed by atoms with Crippen LogP contribution in [0.15, 0.2) is 24.3 Å². The zero-order valence-electron chi connectivity index (χ0n) is 10.9. The molecular weight excluding hydrogens is 310 g/mol. The van der Waals surface area contributed by atoms with Crippen LogP contribution in [0.2, 0.25) is 0 Å². The largest absolute Gasteiger partial charge is 0.289 e. The Balaban J connectivity index is 2.14. The molecule has 18 heavy (non-hydrogen) atoms. The molecule has 1 aliphatic carbocycles. The summed E-state index contributed by atoms with van der Waals surface area (Å²) in [6.07, 6.45) is 3.32. The quantitative estimate of drug-likeness (QED) is 0.515. The molecule has 1 aromatic carbocycles. The van der Waals surface area contributed by atoms with E-state index in [2.05, 4.69) is 59.1 Å². The van der Waals surface area contributed by atoms with Gasteiger partial charge in [-0.05, 0) is 42.9 Å². The van der Waals surface area contributed by atoms with E-state index in [1.54, 1.807) is 0 Å². The van der Waals surface area contributed by atoms with E-state index in [9.17, 15) is 0 Å². The fourth-order valence-corrected chi connectivity index (χ4v) is 5.23. The minimum Gasteiger partial charge on any atom is -0.289 e. The minimum atomic E-state index is 0.00289. The van der Waals surface area contributed by atoms with Gasteiger partial charge in [0.1, 0.15) is 5.50 Å². The molecule has 0 saturated carbocycles. The Morgan fingerprint density at radius 2 is 2.11 bits per heavy atom. The number of benzene rings is 1. The molecule has 3 heteroatoms. The predicted octanol–water partition coefficient (Wildman–Crippen LogP) is 3.92. The van der Waals surface area contributed by atoms with Crippen LogP contribution in [0.4, 0.5) is 0 Å². The van der Waals surface area contributed by atoms with Crippen molar-refractivity contribution in [1.29, 1.82) is 0 Å². The van der Waals surface area contributed by atoms with Crippen LogP contribution in [0.3, 0.4) is 0 Å².